The molecule has 2 aromatic rings. The predicted octanol–water partition coefficient (Wildman–Crippen LogP) is 4.53. The first-order valence-corrected chi connectivity index (χ1v) is 7.32. The van der Waals surface area contributed by atoms with E-state index in [0.29, 0.717) is 23.2 Å². The second-order valence-corrected chi connectivity index (χ2v) is 4.98. The van der Waals surface area contributed by atoms with Crippen molar-refractivity contribution >= 4 is 11.6 Å². The van der Waals surface area contributed by atoms with Crippen LogP contribution in [-0.4, -0.2) is 10.1 Å². The second kappa shape index (κ2) is 5.92. The Hall–Kier alpha value is -1.42. The molecule has 1 aliphatic rings. The molecule has 0 atom stereocenters. The van der Waals surface area contributed by atoms with Gasteiger partial charge in [-0.2, -0.15) is 4.98 Å². The normalized spacial score (nSPS) is 15.4. The average molecular weight is 297 g/mol. The maximum Gasteiger partial charge on any atom is 0.226 e. The van der Waals surface area contributed by atoms with Gasteiger partial charge in [-0.05, 0) is 30.5 Å². The fraction of sp³-hybridized carbons (Fsp3) is 0.467. The van der Waals surface area contributed by atoms with Crippen LogP contribution in [0.15, 0.2) is 22.7 Å². The van der Waals surface area contributed by atoms with Crippen molar-refractivity contribution in [3.63, 3.8) is 0 Å². The molecule has 0 amide bonds. The van der Waals surface area contributed by atoms with Gasteiger partial charge in [0.15, 0.2) is 5.82 Å². The summed E-state index contributed by atoms with van der Waals surface area (Å²) in [5, 5.41) is 4.45. The van der Waals surface area contributed by atoms with Crippen molar-refractivity contribution in [1.82, 2.24) is 10.1 Å². The monoisotopic (exact) mass is 296 g/mol. The van der Waals surface area contributed by atoms with Gasteiger partial charge < -0.3 is 4.52 Å². The van der Waals surface area contributed by atoms with Gasteiger partial charge in [0, 0.05) is 11.4 Å². The first-order valence-electron chi connectivity index (χ1n) is 6.94. The van der Waals surface area contributed by atoms with Crippen molar-refractivity contribution in [1.29, 1.82) is 0 Å². The van der Waals surface area contributed by atoms with E-state index in [2.05, 4.69) is 10.1 Å². The summed E-state index contributed by atoms with van der Waals surface area (Å²) in [5.41, 5.74) is 0.607. The van der Waals surface area contributed by atoms with Gasteiger partial charge in [-0.1, -0.05) is 43.6 Å². The molecule has 5 heteroatoms. The van der Waals surface area contributed by atoms with Crippen molar-refractivity contribution in [2.45, 2.75) is 45.4 Å². The smallest absolute Gasteiger partial charge is 0.226 e. The molecule has 0 bridgehead atoms. The summed E-state index contributed by atoms with van der Waals surface area (Å²) in [5.74, 6) is 0.948. The van der Waals surface area contributed by atoms with E-state index in [0.717, 1.165) is 18.4 Å². The minimum Gasteiger partial charge on any atom is -0.339 e. The van der Waals surface area contributed by atoms with Crippen LogP contribution in [0.3, 0.4) is 0 Å². The summed E-state index contributed by atoms with van der Waals surface area (Å²) in [6, 6.07) is 4.46. The number of aromatic nitrogens is 2. The molecule has 1 aromatic carbocycles. The van der Waals surface area contributed by atoms with Gasteiger partial charge in [0.1, 0.15) is 5.82 Å². The lowest BCUT2D eigenvalue weighted by Gasteiger charge is -2.12. The number of rotatable bonds is 3. The van der Waals surface area contributed by atoms with Crippen LogP contribution < -0.4 is 0 Å². The molecule has 3 nitrogen and oxygen atoms in total. The molecule has 0 saturated heterocycles. The zero-order valence-corrected chi connectivity index (χ0v) is 12.7. The number of hydrogen-bond donors (Lipinski definition) is 0. The minimum absolute atomic E-state index is 0.276. The third kappa shape index (κ3) is 2.57. The van der Waals surface area contributed by atoms with E-state index in [1.807, 2.05) is 20.8 Å². The zero-order valence-electron chi connectivity index (χ0n) is 11.9. The van der Waals surface area contributed by atoms with Gasteiger partial charge in [-0.25, -0.2) is 4.39 Å². The van der Waals surface area contributed by atoms with E-state index < -0.39 is 0 Å². The van der Waals surface area contributed by atoms with Crippen LogP contribution in [0.1, 0.15) is 50.9 Å². The van der Waals surface area contributed by atoms with Gasteiger partial charge >= 0.3 is 0 Å². The summed E-state index contributed by atoms with van der Waals surface area (Å²) in [7, 11) is 0. The number of hydrogen-bond acceptors (Lipinski definition) is 3. The third-order valence-corrected chi connectivity index (χ3v) is 3.71. The Kier molecular flexibility index (Phi) is 4.43. The average Bonchev–Trinajstić information content (AvgIpc) is 3.11. The highest BCUT2D eigenvalue weighted by molar-refractivity contribution is 6.31. The van der Waals surface area contributed by atoms with Gasteiger partial charge in [0.2, 0.25) is 5.89 Å². The fourth-order valence-electron chi connectivity index (χ4n) is 2.21. The molecular formula is C15H18ClFN2O. The Labute approximate surface area is 123 Å². The van der Waals surface area contributed by atoms with E-state index in [9.17, 15) is 4.39 Å². The highest BCUT2D eigenvalue weighted by Gasteiger charge is 2.51. The van der Waals surface area contributed by atoms with E-state index in [4.69, 9.17) is 16.1 Å². The summed E-state index contributed by atoms with van der Waals surface area (Å²) < 4.78 is 18.2. The summed E-state index contributed by atoms with van der Waals surface area (Å²) in [4.78, 5) is 4.37. The molecule has 20 heavy (non-hydrogen) atoms. The molecule has 1 fully saturated rings. The van der Waals surface area contributed by atoms with Crippen molar-refractivity contribution in [2.75, 3.05) is 0 Å². The molecule has 0 N–H and O–H groups in total. The molecule has 1 heterocycles. The Balaban J connectivity index is 0.000000704. The highest BCUT2D eigenvalue weighted by atomic mass is 35.5. The van der Waals surface area contributed by atoms with Crippen LogP contribution in [0.2, 0.25) is 5.02 Å². The third-order valence-electron chi connectivity index (χ3n) is 3.40. The topological polar surface area (TPSA) is 38.9 Å². The van der Waals surface area contributed by atoms with Crippen LogP contribution in [0.5, 0.6) is 0 Å². The summed E-state index contributed by atoms with van der Waals surface area (Å²) in [6.07, 6.45) is 2.54. The van der Waals surface area contributed by atoms with E-state index in [-0.39, 0.29) is 11.2 Å². The first kappa shape index (κ1) is 15.0. The Morgan fingerprint density at radius 2 is 2.05 bits per heavy atom. The second-order valence-electron chi connectivity index (χ2n) is 4.57. The summed E-state index contributed by atoms with van der Waals surface area (Å²) >= 11 is 6.12. The zero-order chi connectivity index (χ0) is 14.8. The molecule has 3 rings (SSSR count). The van der Waals surface area contributed by atoms with Crippen molar-refractivity contribution in [3.8, 4) is 0 Å². The van der Waals surface area contributed by atoms with Gasteiger partial charge in [-0.15, -0.1) is 0 Å². The molecule has 0 spiro atoms. The molecule has 1 aromatic heterocycles. The van der Waals surface area contributed by atoms with E-state index >= 15 is 0 Å². The largest absolute Gasteiger partial charge is 0.339 e. The molecule has 0 unspecified atom stereocenters. The number of aryl methyl sites for hydroxylation is 1. The fourth-order valence-corrected chi connectivity index (χ4v) is 2.56. The lowest BCUT2D eigenvalue weighted by molar-refractivity contribution is 0.374. The molecule has 0 radical (unpaired) electrons. The van der Waals surface area contributed by atoms with Crippen LogP contribution in [0, 0.1) is 5.82 Å². The molecular weight excluding hydrogens is 279 g/mol. The number of halogens is 2. The van der Waals surface area contributed by atoms with Crippen molar-refractivity contribution < 1.29 is 8.91 Å². The molecule has 1 aliphatic carbocycles. The van der Waals surface area contributed by atoms with Crippen LogP contribution >= 0.6 is 11.6 Å². The molecule has 108 valence electrons. The van der Waals surface area contributed by atoms with Crippen LogP contribution in [0.25, 0.3) is 0 Å². The number of benzene rings is 1. The van der Waals surface area contributed by atoms with Crippen LogP contribution in [0.4, 0.5) is 4.39 Å². The van der Waals surface area contributed by atoms with Gasteiger partial charge in [0.25, 0.3) is 0 Å². The molecule has 0 aliphatic heterocycles. The number of nitrogens with zero attached hydrogens (tertiary/aromatic N) is 2. The maximum absolute atomic E-state index is 13.1. The van der Waals surface area contributed by atoms with Gasteiger partial charge in [-0.3, -0.25) is 0 Å². The van der Waals surface area contributed by atoms with Crippen molar-refractivity contribution in [2.24, 2.45) is 0 Å². The standard InChI is InChI=1S/C13H12ClFN2O.C2H6/c1-2-11-16-12(17-18-11)13(5-6-13)9-4-3-8(15)7-10(9)14;1-2/h3-4,7H,2,5-6H2,1H3;1-2H3. The lowest BCUT2D eigenvalue weighted by Crippen LogP contribution is -2.11. The Morgan fingerprint density at radius 3 is 2.55 bits per heavy atom. The Bertz CT molecular complexity index is 593. The van der Waals surface area contributed by atoms with E-state index in [1.54, 1.807) is 6.07 Å². The minimum atomic E-state index is -0.332. The maximum atomic E-state index is 13.1. The first-order chi connectivity index (χ1) is 9.65. The van der Waals surface area contributed by atoms with Crippen molar-refractivity contribution in [3.05, 3.63) is 46.3 Å². The predicted molar refractivity (Wildman–Crippen MR) is 76.4 cm³/mol. The van der Waals surface area contributed by atoms with Crippen LogP contribution in [-0.2, 0) is 11.8 Å². The molecule has 1 saturated carbocycles. The highest BCUT2D eigenvalue weighted by Crippen LogP contribution is 2.54. The van der Waals surface area contributed by atoms with Gasteiger partial charge in [0.05, 0.1) is 5.41 Å². The SMILES string of the molecule is CC.CCc1nc(C2(c3ccc(F)cc3Cl)CC2)no1. The summed E-state index contributed by atoms with van der Waals surface area (Å²) in [6.45, 7) is 5.96. The Morgan fingerprint density at radius 1 is 1.35 bits per heavy atom. The quantitative estimate of drug-likeness (QED) is 0.835. The van der Waals surface area contributed by atoms with E-state index in [1.165, 1.54) is 12.1 Å². The lowest BCUT2D eigenvalue weighted by atomic mass is 9.95.